The number of nitrogens with one attached hydrogen (secondary N) is 2. The summed E-state index contributed by atoms with van der Waals surface area (Å²) in [6.07, 6.45) is -0.0533. The first-order valence-electron chi connectivity index (χ1n) is 18.1. The van der Waals surface area contributed by atoms with Crippen molar-refractivity contribution in [2.24, 2.45) is 5.92 Å². The summed E-state index contributed by atoms with van der Waals surface area (Å²) in [6.45, 7) is 6.63. The molecule has 2 aliphatic heterocycles. The lowest BCUT2D eigenvalue weighted by molar-refractivity contribution is -0.276. The Labute approximate surface area is 311 Å². The van der Waals surface area contributed by atoms with Gasteiger partial charge in [-0.05, 0) is 64.4 Å². The average Bonchev–Trinajstić information content (AvgIpc) is 3.19. The largest absolute Gasteiger partial charge is 0.493 e. The molecule has 0 aliphatic carbocycles. The van der Waals surface area contributed by atoms with E-state index in [1.54, 1.807) is 21.1 Å². The molecule has 0 bridgehead atoms. The lowest BCUT2D eigenvalue weighted by Gasteiger charge is -2.43. The second kappa shape index (κ2) is 17.7. The minimum Gasteiger partial charge on any atom is -0.493 e. The first-order valence-corrected chi connectivity index (χ1v) is 18.1. The zero-order chi connectivity index (χ0) is 37.3. The van der Waals surface area contributed by atoms with Crippen molar-refractivity contribution >= 4 is 12.0 Å². The molecule has 4 aromatic rings. The van der Waals surface area contributed by atoms with Crippen LogP contribution in [0, 0.1) is 5.92 Å². The van der Waals surface area contributed by atoms with E-state index in [1.807, 2.05) is 72.8 Å². The second-order valence-electron chi connectivity index (χ2n) is 13.4. The third-order valence-electron chi connectivity index (χ3n) is 10.0. The van der Waals surface area contributed by atoms with Crippen LogP contribution >= 0.6 is 0 Å². The van der Waals surface area contributed by atoms with E-state index in [4.69, 9.17) is 23.7 Å². The van der Waals surface area contributed by atoms with E-state index in [9.17, 15) is 14.7 Å². The molecule has 2 heterocycles. The number of esters is 1. The second-order valence-corrected chi connectivity index (χ2v) is 13.4. The van der Waals surface area contributed by atoms with Gasteiger partial charge in [0.15, 0.2) is 17.8 Å². The van der Waals surface area contributed by atoms with Crippen LogP contribution in [0.5, 0.6) is 11.5 Å². The molecule has 0 aromatic heterocycles. The van der Waals surface area contributed by atoms with Crippen LogP contribution in [0.2, 0.25) is 0 Å². The summed E-state index contributed by atoms with van der Waals surface area (Å²) in [7, 11) is 3.33. The normalized spacial score (nSPS) is 19.9. The summed E-state index contributed by atoms with van der Waals surface area (Å²) in [5, 5.41) is 15.0. The number of benzene rings is 4. The summed E-state index contributed by atoms with van der Waals surface area (Å²) in [5.41, 5.74) is 8.17. The summed E-state index contributed by atoms with van der Waals surface area (Å²) in [5.74, 6) is 1.04. The highest BCUT2D eigenvalue weighted by Gasteiger charge is 2.39. The Morgan fingerprint density at radius 1 is 0.887 bits per heavy atom. The minimum absolute atomic E-state index is 0.0168. The lowest BCUT2D eigenvalue weighted by Crippen LogP contribution is -2.45. The Bertz CT molecular complexity index is 1850. The van der Waals surface area contributed by atoms with Crippen LogP contribution in [0.25, 0.3) is 11.1 Å². The van der Waals surface area contributed by atoms with Gasteiger partial charge < -0.3 is 39.4 Å². The molecule has 280 valence electrons. The van der Waals surface area contributed by atoms with Crippen molar-refractivity contribution in [1.29, 1.82) is 0 Å². The van der Waals surface area contributed by atoms with Crippen LogP contribution in [0.1, 0.15) is 59.6 Å². The highest BCUT2D eigenvalue weighted by atomic mass is 16.7. The maximum atomic E-state index is 12.4. The van der Waals surface area contributed by atoms with Gasteiger partial charge in [-0.1, -0.05) is 79.7 Å². The van der Waals surface area contributed by atoms with Crippen molar-refractivity contribution < 1.29 is 38.4 Å². The fourth-order valence-corrected chi connectivity index (χ4v) is 7.06. The van der Waals surface area contributed by atoms with Crippen LogP contribution in [-0.4, -0.2) is 68.6 Å². The molecule has 0 radical (unpaired) electrons. The fourth-order valence-electron chi connectivity index (χ4n) is 7.06. The quantitative estimate of drug-likeness (QED) is 0.141. The van der Waals surface area contributed by atoms with Gasteiger partial charge in [0.2, 0.25) is 0 Å². The number of urea groups is 1. The zero-order valence-corrected chi connectivity index (χ0v) is 30.8. The molecular formula is C42H49N3O8. The third-order valence-corrected chi connectivity index (χ3v) is 10.0. The Kier molecular flexibility index (Phi) is 12.6. The maximum Gasteiger partial charge on any atom is 0.325 e. The van der Waals surface area contributed by atoms with E-state index in [1.165, 1.54) is 11.1 Å². The van der Waals surface area contributed by atoms with Crippen LogP contribution in [0.15, 0.2) is 84.9 Å². The fraction of sp³-hybridized carbons (Fsp3) is 0.381. The van der Waals surface area contributed by atoms with Crippen molar-refractivity contribution in [3.8, 4) is 22.6 Å². The molecule has 2 aliphatic rings. The molecule has 53 heavy (non-hydrogen) atoms. The van der Waals surface area contributed by atoms with E-state index in [-0.39, 0.29) is 44.4 Å². The third kappa shape index (κ3) is 9.17. The zero-order valence-electron chi connectivity index (χ0n) is 30.8. The molecule has 0 unspecified atom stereocenters. The van der Waals surface area contributed by atoms with Crippen LogP contribution in [0.4, 0.5) is 4.79 Å². The van der Waals surface area contributed by atoms with E-state index in [2.05, 4.69) is 34.6 Å². The van der Waals surface area contributed by atoms with Gasteiger partial charge in [0.1, 0.15) is 6.54 Å². The number of carbonyl (C=O) groups excluding carboxylic acids is 2. The summed E-state index contributed by atoms with van der Waals surface area (Å²) in [6, 6.07) is 27.7. The number of aliphatic hydroxyl groups excluding tert-OH is 1. The topological polar surface area (TPSA) is 128 Å². The Morgan fingerprint density at radius 2 is 1.58 bits per heavy atom. The summed E-state index contributed by atoms with van der Waals surface area (Å²) < 4.78 is 29.6. The molecule has 1 saturated heterocycles. The van der Waals surface area contributed by atoms with E-state index in [0.717, 1.165) is 70.9 Å². The number of amides is 2. The van der Waals surface area contributed by atoms with Gasteiger partial charge >= 0.3 is 12.0 Å². The number of rotatable bonds is 13. The van der Waals surface area contributed by atoms with Crippen LogP contribution in [0.3, 0.4) is 0 Å². The highest BCUT2D eigenvalue weighted by molar-refractivity contribution is 5.81. The number of nitrogens with zero attached hydrogens (tertiary/aromatic N) is 1. The monoisotopic (exact) mass is 723 g/mol. The Morgan fingerprint density at radius 3 is 2.28 bits per heavy atom. The number of fused-ring (bicyclic) bond motifs is 1. The van der Waals surface area contributed by atoms with Crippen molar-refractivity contribution in [3.63, 3.8) is 0 Å². The predicted octanol–water partition coefficient (Wildman–Crippen LogP) is 6.08. The molecule has 0 spiro atoms. The standard InChI is InChI=1S/C42H49N3O8/c1-5-51-39(47)23-44-42(48)43-22-33-8-6-7-9-35(33)29-14-16-31(17-15-29)41-52-38(27(2)40(53-41)30-12-10-28(26-46)11-13-30)25-45-19-18-32-20-36(49-3)37(50-4)21-34(32)24-45/h6-17,20-21,27,38,40-41,46H,5,18-19,22-26H2,1-4H3,(H2,43,44,48)/t27-,38+,40+,41+/m1/s1. The summed E-state index contributed by atoms with van der Waals surface area (Å²) in [4.78, 5) is 26.4. The van der Waals surface area contributed by atoms with Gasteiger partial charge in [-0.25, -0.2) is 4.79 Å². The average molecular weight is 724 g/mol. The smallest absolute Gasteiger partial charge is 0.325 e. The number of carbonyl (C=O) groups is 2. The highest BCUT2D eigenvalue weighted by Crippen LogP contribution is 2.43. The Hall–Kier alpha value is -4.94. The molecule has 2 amide bonds. The first kappa shape index (κ1) is 37.8. The van der Waals surface area contributed by atoms with E-state index >= 15 is 0 Å². The molecule has 3 N–H and O–H groups in total. The van der Waals surface area contributed by atoms with E-state index < -0.39 is 18.3 Å². The van der Waals surface area contributed by atoms with Crippen molar-refractivity contribution in [2.75, 3.05) is 40.5 Å². The van der Waals surface area contributed by atoms with Gasteiger partial charge in [0.05, 0.1) is 39.6 Å². The molecule has 4 aromatic carbocycles. The van der Waals surface area contributed by atoms with Gasteiger partial charge in [-0.15, -0.1) is 0 Å². The molecular weight excluding hydrogens is 674 g/mol. The van der Waals surface area contributed by atoms with Gasteiger partial charge in [0.25, 0.3) is 0 Å². The van der Waals surface area contributed by atoms with Gasteiger partial charge in [-0.3, -0.25) is 9.69 Å². The molecule has 0 saturated carbocycles. The SMILES string of the molecule is CCOC(=O)CNC(=O)NCc1ccccc1-c1ccc([C@H]2O[C@@H](CN3CCc4cc(OC)c(OC)cc4C3)[C@@H](C)[C@@H](c3ccc(CO)cc3)O2)cc1. The lowest BCUT2D eigenvalue weighted by atomic mass is 9.89. The van der Waals surface area contributed by atoms with E-state index in [0.29, 0.717) is 0 Å². The van der Waals surface area contributed by atoms with Crippen LogP contribution < -0.4 is 20.1 Å². The van der Waals surface area contributed by atoms with Crippen molar-refractivity contribution in [1.82, 2.24) is 15.5 Å². The number of ether oxygens (including phenoxy) is 5. The molecule has 11 heteroatoms. The number of hydrogen-bond donors (Lipinski definition) is 3. The van der Waals surface area contributed by atoms with Crippen molar-refractivity contribution in [3.05, 3.63) is 118 Å². The first-order chi connectivity index (χ1) is 25.8. The predicted molar refractivity (Wildman–Crippen MR) is 200 cm³/mol. The number of aliphatic hydroxyl groups is 1. The molecule has 11 nitrogen and oxygen atoms in total. The molecule has 6 rings (SSSR count). The molecule has 4 atom stereocenters. The van der Waals surface area contributed by atoms with Crippen molar-refractivity contribution in [2.45, 2.75) is 58.5 Å². The molecule has 1 fully saturated rings. The van der Waals surface area contributed by atoms with Crippen LogP contribution in [-0.2, 0) is 45.1 Å². The Balaban J connectivity index is 1.19. The number of hydrogen-bond acceptors (Lipinski definition) is 9. The maximum absolute atomic E-state index is 12.4. The number of methoxy groups -OCH3 is 2. The van der Waals surface area contributed by atoms with Gasteiger partial charge in [0, 0.05) is 37.7 Å². The minimum atomic E-state index is -0.603. The van der Waals surface area contributed by atoms with Gasteiger partial charge in [-0.2, -0.15) is 0 Å². The summed E-state index contributed by atoms with van der Waals surface area (Å²) >= 11 is 0.